The van der Waals surface area contributed by atoms with Gasteiger partial charge in [0.05, 0.1) is 9.95 Å². The van der Waals surface area contributed by atoms with E-state index in [0.717, 1.165) is 25.2 Å². The maximum absolute atomic E-state index is 10.9. The average Bonchev–Trinajstić information content (AvgIpc) is 2.51. The molecule has 7 heteroatoms. The van der Waals surface area contributed by atoms with E-state index in [-0.39, 0.29) is 10.5 Å². The molecule has 1 aromatic carbocycles. The molecule has 0 bridgehead atoms. The van der Waals surface area contributed by atoms with E-state index in [0.29, 0.717) is 5.39 Å². The molecule has 1 fully saturated rings. The van der Waals surface area contributed by atoms with Crippen molar-refractivity contribution in [1.29, 1.82) is 0 Å². The third kappa shape index (κ3) is 2.84. The summed E-state index contributed by atoms with van der Waals surface area (Å²) in [5, 5.41) is 21.7. The molecule has 22 heavy (non-hydrogen) atoms. The molecule has 1 aliphatic rings. The smallest absolute Gasteiger partial charge is 0.314 e. The van der Waals surface area contributed by atoms with Crippen LogP contribution in [0.5, 0.6) is 5.75 Å². The zero-order valence-corrected chi connectivity index (χ0v) is 12.7. The van der Waals surface area contributed by atoms with E-state index in [4.69, 9.17) is 11.6 Å². The van der Waals surface area contributed by atoms with Gasteiger partial charge in [-0.25, -0.2) is 0 Å². The van der Waals surface area contributed by atoms with Gasteiger partial charge in [-0.3, -0.25) is 20.0 Å². The van der Waals surface area contributed by atoms with Crippen LogP contribution in [0, 0.1) is 10.1 Å². The van der Waals surface area contributed by atoms with E-state index < -0.39 is 16.4 Å². The molecule has 1 aliphatic heterocycles. The number of nitrogens with zero attached hydrogens (tertiary/aromatic N) is 3. The number of hydrogen-bond acceptors (Lipinski definition) is 5. The topological polar surface area (TPSA) is 79.5 Å². The van der Waals surface area contributed by atoms with Crippen LogP contribution in [-0.4, -0.2) is 33.0 Å². The number of fused-ring (bicyclic) bond motifs is 1. The lowest BCUT2D eigenvalue weighted by Gasteiger charge is -2.26. The number of pyridine rings is 1. The standard InChI is InChI=1S/C15H16ClN3O3/c16-12-7-13(19(21)22)15(20)14-11(12)6-10(8-17-14)9-18-4-2-1-3-5-18/h6-8,20H,1-5,9H2. The van der Waals surface area contributed by atoms with Crippen molar-refractivity contribution in [2.24, 2.45) is 0 Å². The van der Waals surface area contributed by atoms with Crippen LogP contribution >= 0.6 is 11.6 Å². The van der Waals surface area contributed by atoms with Crippen LogP contribution in [0.15, 0.2) is 18.3 Å². The summed E-state index contributed by atoms with van der Waals surface area (Å²) in [6, 6.07) is 3.02. The van der Waals surface area contributed by atoms with E-state index in [1.54, 1.807) is 6.20 Å². The Balaban J connectivity index is 1.97. The van der Waals surface area contributed by atoms with Gasteiger partial charge in [0, 0.05) is 24.2 Å². The summed E-state index contributed by atoms with van der Waals surface area (Å²) in [4.78, 5) is 16.8. The SMILES string of the molecule is O=[N+]([O-])c1cc(Cl)c2cc(CN3CCCCC3)cnc2c1O. The Kier molecular flexibility index (Phi) is 4.13. The van der Waals surface area contributed by atoms with Crippen molar-refractivity contribution in [3.05, 3.63) is 39.0 Å². The highest BCUT2D eigenvalue weighted by Gasteiger charge is 2.20. The van der Waals surface area contributed by atoms with Gasteiger partial charge in [0.1, 0.15) is 5.52 Å². The van der Waals surface area contributed by atoms with Gasteiger partial charge in [-0.05, 0) is 37.6 Å². The van der Waals surface area contributed by atoms with Gasteiger partial charge in [-0.15, -0.1) is 0 Å². The summed E-state index contributed by atoms with van der Waals surface area (Å²) < 4.78 is 0. The van der Waals surface area contributed by atoms with Gasteiger partial charge in [-0.1, -0.05) is 18.0 Å². The summed E-state index contributed by atoms with van der Waals surface area (Å²) in [6.45, 7) is 2.91. The van der Waals surface area contributed by atoms with Crippen molar-refractivity contribution in [3.8, 4) is 5.75 Å². The van der Waals surface area contributed by atoms with Crippen molar-refractivity contribution < 1.29 is 10.0 Å². The number of piperidine rings is 1. The van der Waals surface area contributed by atoms with Crippen LogP contribution in [0.2, 0.25) is 5.02 Å². The Hall–Kier alpha value is -1.92. The van der Waals surface area contributed by atoms with Gasteiger partial charge in [0.25, 0.3) is 0 Å². The van der Waals surface area contributed by atoms with Crippen LogP contribution in [0.25, 0.3) is 10.9 Å². The second-order valence-corrected chi connectivity index (χ2v) is 5.97. The van der Waals surface area contributed by atoms with Gasteiger partial charge >= 0.3 is 5.69 Å². The first-order chi connectivity index (χ1) is 10.6. The summed E-state index contributed by atoms with van der Waals surface area (Å²) in [6.07, 6.45) is 5.33. The highest BCUT2D eigenvalue weighted by atomic mass is 35.5. The number of nitro benzene ring substituents is 1. The van der Waals surface area contributed by atoms with E-state index in [1.807, 2.05) is 6.07 Å². The fourth-order valence-electron chi connectivity index (χ4n) is 2.87. The molecule has 0 atom stereocenters. The number of nitro groups is 1. The first kappa shape index (κ1) is 15.0. The molecule has 2 heterocycles. The molecule has 6 nitrogen and oxygen atoms in total. The number of phenolic OH excluding ortho intramolecular Hbond substituents is 1. The molecule has 0 unspecified atom stereocenters. The molecule has 0 radical (unpaired) electrons. The lowest BCUT2D eigenvalue weighted by molar-refractivity contribution is -0.385. The van der Waals surface area contributed by atoms with Crippen molar-refractivity contribution in [3.63, 3.8) is 0 Å². The van der Waals surface area contributed by atoms with Gasteiger partial charge < -0.3 is 5.11 Å². The zero-order valence-electron chi connectivity index (χ0n) is 12.0. The maximum Gasteiger partial charge on any atom is 0.314 e. The Morgan fingerprint density at radius 3 is 2.73 bits per heavy atom. The molecule has 2 aromatic rings. The molecule has 3 rings (SSSR count). The molecular formula is C15H16ClN3O3. The average molecular weight is 322 g/mol. The van der Waals surface area contributed by atoms with Crippen LogP contribution in [0.3, 0.4) is 0 Å². The monoisotopic (exact) mass is 321 g/mol. The minimum absolute atomic E-state index is 0.168. The first-order valence-electron chi connectivity index (χ1n) is 7.23. The third-order valence-electron chi connectivity index (χ3n) is 3.98. The second-order valence-electron chi connectivity index (χ2n) is 5.56. The van der Waals surface area contributed by atoms with Gasteiger partial charge in [0.15, 0.2) is 0 Å². The molecule has 0 spiro atoms. The molecular weight excluding hydrogens is 306 g/mol. The van der Waals surface area contributed by atoms with Crippen LogP contribution < -0.4 is 0 Å². The van der Waals surface area contributed by atoms with Crippen LogP contribution in [0.4, 0.5) is 5.69 Å². The number of hydrogen-bond donors (Lipinski definition) is 1. The maximum atomic E-state index is 10.9. The summed E-state index contributed by atoms with van der Waals surface area (Å²) >= 11 is 6.12. The summed E-state index contributed by atoms with van der Waals surface area (Å²) in [7, 11) is 0. The third-order valence-corrected chi connectivity index (χ3v) is 4.30. The Morgan fingerprint density at radius 1 is 1.32 bits per heavy atom. The molecule has 0 amide bonds. The van der Waals surface area contributed by atoms with E-state index in [9.17, 15) is 15.2 Å². The zero-order chi connectivity index (χ0) is 15.7. The van der Waals surface area contributed by atoms with Crippen molar-refractivity contribution in [1.82, 2.24) is 9.88 Å². The number of phenols is 1. The largest absolute Gasteiger partial charge is 0.501 e. The van der Waals surface area contributed by atoms with Crippen molar-refractivity contribution in [2.45, 2.75) is 25.8 Å². The number of likely N-dealkylation sites (tertiary alicyclic amines) is 1. The number of rotatable bonds is 3. The van der Waals surface area contributed by atoms with Gasteiger partial charge in [-0.2, -0.15) is 0 Å². The number of halogens is 1. The minimum atomic E-state index is -0.663. The Labute approximate surface area is 132 Å². The van der Waals surface area contributed by atoms with Crippen molar-refractivity contribution in [2.75, 3.05) is 13.1 Å². The predicted octanol–water partition coefficient (Wildman–Crippen LogP) is 3.49. The molecule has 116 valence electrons. The summed E-state index contributed by atoms with van der Waals surface area (Å²) in [5.41, 5.74) is 0.736. The van der Waals surface area contributed by atoms with E-state index >= 15 is 0 Å². The fraction of sp³-hybridized carbons (Fsp3) is 0.400. The fourth-order valence-corrected chi connectivity index (χ4v) is 3.11. The predicted molar refractivity (Wildman–Crippen MR) is 84.2 cm³/mol. The lowest BCUT2D eigenvalue weighted by atomic mass is 10.1. The lowest BCUT2D eigenvalue weighted by Crippen LogP contribution is -2.29. The summed E-state index contributed by atoms with van der Waals surface area (Å²) in [5.74, 6) is -0.436. The number of aromatic hydroxyl groups is 1. The number of benzene rings is 1. The first-order valence-corrected chi connectivity index (χ1v) is 7.61. The molecule has 0 aliphatic carbocycles. The van der Waals surface area contributed by atoms with E-state index in [2.05, 4.69) is 9.88 Å². The quantitative estimate of drug-likeness (QED) is 0.691. The molecule has 1 aromatic heterocycles. The minimum Gasteiger partial charge on any atom is -0.501 e. The molecule has 1 N–H and O–H groups in total. The molecule has 0 saturated carbocycles. The normalized spacial score (nSPS) is 16.0. The van der Waals surface area contributed by atoms with Crippen LogP contribution in [-0.2, 0) is 6.54 Å². The van der Waals surface area contributed by atoms with E-state index in [1.165, 1.54) is 25.3 Å². The highest BCUT2D eigenvalue weighted by Crippen LogP contribution is 2.38. The van der Waals surface area contributed by atoms with Gasteiger partial charge in [0.2, 0.25) is 5.75 Å². The number of aromatic nitrogens is 1. The van der Waals surface area contributed by atoms with Crippen LogP contribution in [0.1, 0.15) is 24.8 Å². The highest BCUT2D eigenvalue weighted by molar-refractivity contribution is 6.36. The van der Waals surface area contributed by atoms with Crippen molar-refractivity contribution >= 4 is 28.2 Å². The Bertz CT molecular complexity index is 730. The Morgan fingerprint density at radius 2 is 2.05 bits per heavy atom. The molecule has 1 saturated heterocycles. The second kappa shape index (κ2) is 6.06.